The molecule has 4 heteroatoms. The summed E-state index contributed by atoms with van der Waals surface area (Å²) in [5.74, 6) is 0.901. The molecule has 0 radical (unpaired) electrons. The van der Waals surface area contributed by atoms with E-state index in [9.17, 15) is 0 Å². The van der Waals surface area contributed by atoms with Gasteiger partial charge in [0.1, 0.15) is 5.75 Å². The van der Waals surface area contributed by atoms with Crippen molar-refractivity contribution in [3.63, 3.8) is 0 Å². The van der Waals surface area contributed by atoms with Gasteiger partial charge in [0.05, 0.1) is 0 Å². The van der Waals surface area contributed by atoms with E-state index < -0.39 is 7.92 Å². The zero-order valence-corrected chi connectivity index (χ0v) is 23.1. The van der Waals surface area contributed by atoms with Crippen LogP contribution in [0.25, 0.3) is 0 Å². The van der Waals surface area contributed by atoms with Crippen molar-refractivity contribution in [1.29, 1.82) is 0 Å². The van der Waals surface area contributed by atoms with Gasteiger partial charge in [0, 0.05) is 17.8 Å². The molecule has 4 aromatic carbocycles. The predicted octanol–water partition coefficient (Wildman–Crippen LogP) is 6.28. The molecule has 0 saturated heterocycles. The van der Waals surface area contributed by atoms with Gasteiger partial charge in [0.25, 0.3) is 0 Å². The normalized spacial score (nSPS) is 11.9. The highest BCUT2D eigenvalue weighted by Gasteiger charge is 2.29. The van der Waals surface area contributed by atoms with Crippen molar-refractivity contribution in [2.45, 2.75) is 32.9 Å². The Morgan fingerprint density at radius 3 is 2.00 bits per heavy atom. The quantitative estimate of drug-likeness (QED) is 0.199. The Labute approximate surface area is 213 Å². The summed E-state index contributed by atoms with van der Waals surface area (Å²) in [7, 11) is 1.57. The van der Waals surface area contributed by atoms with Crippen LogP contribution in [0.15, 0.2) is 97.1 Å². The first-order valence-corrected chi connectivity index (χ1v) is 14.3. The van der Waals surface area contributed by atoms with Gasteiger partial charge in [-0.1, -0.05) is 119 Å². The maximum atomic E-state index is 6.00. The average Bonchev–Trinajstić information content (AvgIpc) is 2.86. The minimum Gasteiger partial charge on any atom is -0.467 e. The first kappa shape index (κ1) is 25.6. The first-order valence-electron chi connectivity index (χ1n) is 11.9. The monoisotopic (exact) mass is 500 g/mol. The lowest BCUT2D eigenvalue weighted by atomic mass is 9.99. The van der Waals surface area contributed by atoms with Gasteiger partial charge in [0.15, 0.2) is 6.79 Å². The highest BCUT2D eigenvalue weighted by molar-refractivity contribution is 7.81. The number of hydrogen-bond acceptors (Lipinski definition) is 2. The van der Waals surface area contributed by atoms with Gasteiger partial charge in [-0.2, -0.15) is 0 Å². The predicted molar refractivity (Wildman–Crippen MR) is 155 cm³/mol. The van der Waals surface area contributed by atoms with Crippen LogP contribution < -0.4 is 26.0 Å². The smallest absolute Gasteiger partial charge is 0.188 e. The van der Waals surface area contributed by atoms with E-state index >= 15 is 0 Å². The van der Waals surface area contributed by atoms with Crippen molar-refractivity contribution in [3.05, 3.63) is 114 Å². The van der Waals surface area contributed by atoms with E-state index in [1.807, 2.05) is 0 Å². The van der Waals surface area contributed by atoms with Crippen LogP contribution in [0.1, 0.15) is 30.5 Å². The first-order chi connectivity index (χ1) is 16.9. The SMILES string of the molecule is COCOc1ccc(C)cc1C(C)(C)Pc1c(C)cccc1P(c1ccccc1)c1ccccc1. The van der Waals surface area contributed by atoms with Crippen molar-refractivity contribution in [2.24, 2.45) is 0 Å². The molecule has 1 atom stereocenters. The summed E-state index contributed by atoms with van der Waals surface area (Å²) in [6.45, 7) is 9.32. The van der Waals surface area contributed by atoms with Gasteiger partial charge in [0.2, 0.25) is 0 Å². The number of aryl methyl sites for hydroxylation is 2. The van der Waals surface area contributed by atoms with Crippen LogP contribution in [0.4, 0.5) is 0 Å². The summed E-state index contributed by atoms with van der Waals surface area (Å²) < 4.78 is 11.2. The summed E-state index contributed by atoms with van der Waals surface area (Å²) in [6, 6.07) is 35.2. The third-order valence-electron chi connectivity index (χ3n) is 6.10. The topological polar surface area (TPSA) is 18.5 Å². The summed E-state index contributed by atoms with van der Waals surface area (Å²) in [5, 5.41) is 5.54. The molecule has 0 saturated carbocycles. The van der Waals surface area contributed by atoms with Crippen molar-refractivity contribution in [3.8, 4) is 5.75 Å². The van der Waals surface area contributed by atoms with E-state index in [-0.39, 0.29) is 11.9 Å². The maximum Gasteiger partial charge on any atom is 0.188 e. The van der Waals surface area contributed by atoms with Crippen molar-refractivity contribution in [1.82, 2.24) is 0 Å². The molecular formula is C31H34O2P2. The van der Waals surface area contributed by atoms with E-state index in [1.165, 1.54) is 37.9 Å². The molecule has 0 N–H and O–H groups in total. The molecule has 4 aromatic rings. The average molecular weight is 501 g/mol. The third kappa shape index (κ3) is 6.02. The molecule has 0 amide bonds. The molecule has 1 unspecified atom stereocenters. The van der Waals surface area contributed by atoms with E-state index in [4.69, 9.17) is 9.47 Å². The molecule has 0 bridgehead atoms. The molecule has 180 valence electrons. The summed E-state index contributed by atoms with van der Waals surface area (Å²) in [6.07, 6.45) is 0. The van der Waals surface area contributed by atoms with Crippen molar-refractivity contribution < 1.29 is 9.47 Å². The highest BCUT2D eigenvalue weighted by Crippen LogP contribution is 2.46. The van der Waals surface area contributed by atoms with E-state index in [1.54, 1.807) is 7.11 Å². The lowest BCUT2D eigenvalue weighted by molar-refractivity contribution is 0.0501. The van der Waals surface area contributed by atoms with Gasteiger partial charge < -0.3 is 9.47 Å². The van der Waals surface area contributed by atoms with Crippen LogP contribution >= 0.6 is 16.5 Å². The molecule has 4 rings (SSSR count). The van der Waals surface area contributed by atoms with E-state index in [2.05, 4.69) is 125 Å². The summed E-state index contributed by atoms with van der Waals surface area (Å²) in [4.78, 5) is 0. The van der Waals surface area contributed by atoms with E-state index in [0.29, 0.717) is 8.58 Å². The van der Waals surface area contributed by atoms with Crippen molar-refractivity contribution >= 4 is 37.7 Å². The van der Waals surface area contributed by atoms with Gasteiger partial charge in [-0.25, -0.2) is 0 Å². The number of hydrogen-bond donors (Lipinski definition) is 0. The Hall–Kier alpha value is -2.50. The lowest BCUT2D eigenvalue weighted by Gasteiger charge is -2.31. The summed E-state index contributed by atoms with van der Waals surface area (Å²) in [5.41, 5.74) is 3.81. The zero-order chi connectivity index (χ0) is 24.8. The van der Waals surface area contributed by atoms with Crippen LogP contribution in [0.3, 0.4) is 0 Å². The number of benzene rings is 4. The van der Waals surface area contributed by atoms with Crippen LogP contribution in [-0.4, -0.2) is 13.9 Å². The molecule has 0 aliphatic rings. The van der Waals surface area contributed by atoms with Crippen molar-refractivity contribution in [2.75, 3.05) is 13.9 Å². The van der Waals surface area contributed by atoms with Crippen LogP contribution in [-0.2, 0) is 9.89 Å². The molecule has 0 aromatic heterocycles. The Kier molecular flexibility index (Phi) is 8.40. The van der Waals surface area contributed by atoms with Gasteiger partial charge in [-0.05, 0) is 54.6 Å². The lowest BCUT2D eigenvalue weighted by Crippen LogP contribution is -2.32. The number of methoxy groups -OCH3 is 1. The standard InChI is InChI=1S/C31H34O2P2/c1-23-19-20-28(33-22-32-5)27(21-23)31(3,4)34-30-24(2)13-12-18-29(30)35(25-14-8-6-9-15-25)26-16-10-7-11-17-26/h6-21,34H,22H2,1-5H3. The van der Waals surface area contributed by atoms with E-state index in [0.717, 1.165) is 5.75 Å². The van der Waals surface area contributed by atoms with Gasteiger partial charge in [-0.15, -0.1) is 0 Å². The molecule has 0 heterocycles. The number of rotatable bonds is 9. The molecule has 35 heavy (non-hydrogen) atoms. The van der Waals surface area contributed by atoms with Crippen LogP contribution in [0.2, 0.25) is 0 Å². The molecular weight excluding hydrogens is 466 g/mol. The Morgan fingerprint density at radius 1 is 0.771 bits per heavy atom. The Bertz CT molecular complexity index is 1210. The third-order valence-corrected chi connectivity index (χ3v) is 10.6. The maximum absolute atomic E-state index is 6.00. The summed E-state index contributed by atoms with van der Waals surface area (Å²) >= 11 is 0. The molecule has 2 nitrogen and oxygen atoms in total. The fourth-order valence-electron chi connectivity index (χ4n) is 4.34. The Morgan fingerprint density at radius 2 is 1.40 bits per heavy atom. The fourth-order valence-corrected chi connectivity index (χ4v) is 8.72. The zero-order valence-electron chi connectivity index (χ0n) is 21.2. The largest absolute Gasteiger partial charge is 0.467 e. The minimum absolute atomic E-state index is 0.107. The Balaban J connectivity index is 1.82. The molecule has 0 aliphatic heterocycles. The van der Waals surface area contributed by atoms with Gasteiger partial charge in [-0.3, -0.25) is 0 Å². The molecule has 0 fully saturated rings. The number of ether oxygens (including phenoxy) is 2. The minimum atomic E-state index is -0.672. The highest BCUT2D eigenvalue weighted by atomic mass is 31.1. The second-order valence-corrected chi connectivity index (χ2v) is 13.5. The van der Waals surface area contributed by atoms with Gasteiger partial charge >= 0.3 is 0 Å². The second-order valence-electron chi connectivity index (χ2n) is 9.28. The second kappa shape index (κ2) is 11.5. The fraction of sp³-hybridized carbons (Fsp3) is 0.226. The van der Waals surface area contributed by atoms with Crippen LogP contribution in [0.5, 0.6) is 5.75 Å². The molecule has 0 spiro atoms. The molecule has 0 aliphatic carbocycles. The van der Waals surface area contributed by atoms with Crippen LogP contribution in [0, 0.1) is 13.8 Å².